The van der Waals surface area contributed by atoms with Gasteiger partial charge >= 0.3 is 6.18 Å². The molecular weight excluding hydrogens is 561 g/mol. The molecule has 0 aromatic heterocycles. The van der Waals surface area contributed by atoms with Crippen LogP contribution < -0.4 is 5.32 Å². The van der Waals surface area contributed by atoms with Gasteiger partial charge in [-0.3, -0.25) is 0 Å². The summed E-state index contributed by atoms with van der Waals surface area (Å²) in [5.74, 6) is 0. The van der Waals surface area contributed by atoms with Crippen LogP contribution in [0.2, 0.25) is 0 Å². The van der Waals surface area contributed by atoms with Crippen LogP contribution in [0.25, 0.3) is 0 Å². The van der Waals surface area contributed by atoms with E-state index in [0.717, 1.165) is 19.0 Å². The highest BCUT2D eigenvalue weighted by molar-refractivity contribution is 5.16. The van der Waals surface area contributed by atoms with E-state index < -0.39 is 12.6 Å². The van der Waals surface area contributed by atoms with Crippen molar-refractivity contribution in [3.8, 4) is 6.07 Å². The van der Waals surface area contributed by atoms with Crippen LogP contribution in [0.1, 0.15) is 135 Å². The van der Waals surface area contributed by atoms with Gasteiger partial charge in [-0.2, -0.15) is 18.4 Å². The minimum Gasteiger partial charge on any atom is -0.414 e. The highest BCUT2D eigenvalue weighted by Crippen LogP contribution is 2.17. The molecule has 1 rings (SSSR count). The lowest BCUT2D eigenvalue weighted by Gasteiger charge is -2.29. The van der Waals surface area contributed by atoms with Crippen LogP contribution in [0.5, 0.6) is 0 Å². The number of nitriles is 1. The van der Waals surface area contributed by atoms with E-state index in [1.54, 1.807) is 11.1 Å². The number of alkyl halides is 3. The fraction of sp³-hybridized carbons (Fsp3) is 0.750. The van der Waals surface area contributed by atoms with Gasteiger partial charge in [-0.05, 0) is 60.0 Å². The van der Waals surface area contributed by atoms with Crippen molar-refractivity contribution in [3.05, 3.63) is 49.9 Å². The van der Waals surface area contributed by atoms with E-state index in [2.05, 4.69) is 66.3 Å². The summed E-state index contributed by atoms with van der Waals surface area (Å²) >= 11 is 0. The van der Waals surface area contributed by atoms with Crippen molar-refractivity contribution in [2.45, 2.75) is 147 Å². The summed E-state index contributed by atoms with van der Waals surface area (Å²) in [4.78, 5) is 6.95. The van der Waals surface area contributed by atoms with Crippen molar-refractivity contribution >= 4 is 0 Å². The van der Waals surface area contributed by atoms with E-state index >= 15 is 0 Å². The van der Waals surface area contributed by atoms with Gasteiger partial charge < -0.3 is 15.1 Å². The number of nitrogens with one attached hydrogen (secondary N) is 1. The van der Waals surface area contributed by atoms with Gasteiger partial charge in [0, 0.05) is 44.4 Å². The Morgan fingerprint density at radius 1 is 0.886 bits per heavy atom. The highest BCUT2D eigenvalue weighted by Gasteiger charge is 2.22. The van der Waals surface area contributed by atoms with Crippen molar-refractivity contribution in [1.82, 2.24) is 15.3 Å². The zero-order chi connectivity index (χ0) is 37.2. The van der Waals surface area contributed by atoms with Gasteiger partial charge in [0.15, 0.2) is 0 Å². The fourth-order valence-electron chi connectivity index (χ4n) is 1.37. The Morgan fingerprint density at radius 2 is 1.20 bits per heavy atom. The van der Waals surface area contributed by atoms with Crippen molar-refractivity contribution in [2.24, 2.45) is 0 Å². The van der Waals surface area contributed by atoms with E-state index in [4.69, 9.17) is 10.1 Å². The molecule has 5 nitrogen and oxygen atoms in total. The third-order valence-electron chi connectivity index (χ3n) is 4.50. The van der Waals surface area contributed by atoms with Crippen LogP contribution in [0.3, 0.4) is 0 Å². The number of allylic oxidation sites excluding steroid dienone is 3. The normalized spacial score (nSPS) is 9.98. The van der Waals surface area contributed by atoms with Crippen molar-refractivity contribution in [3.63, 3.8) is 0 Å². The predicted molar refractivity (Wildman–Crippen MR) is 195 cm³/mol. The topological polar surface area (TPSA) is 51.5 Å². The molecule has 1 saturated heterocycles. The molecule has 0 radical (unpaired) electrons. The molecule has 1 fully saturated rings. The zero-order valence-corrected chi connectivity index (χ0v) is 32.2. The molecular formula is C36H77F3N4O. The van der Waals surface area contributed by atoms with E-state index in [0.29, 0.717) is 12.0 Å². The summed E-state index contributed by atoms with van der Waals surface area (Å²) in [6, 6.07) is 2.01. The van der Waals surface area contributed by atoms with Gasteiger partial charge in [0.05, 0.1) is 6.07 Å². The lowest BCUT2D eigenvalue weighted by Crippen LogP contribution is -2.36. The Bertz CT molecular complexity index is 596. The van der Waals surface area contributed by atoms with Crippen LogP contribution in [-0.4, -0.2) is 55.9 Å². The molecule has 268 valence electrons. The Balaban J connectivity index is -0.0000000592. The van der Waals surface area contributed by atoms with Crippen LogP contribution in [-0.2, 0) is 4.84 Å². The number of hydrogen-bond acceptors (Lipinski definition) is 5. The predicted octanol–water partition coefficient (Wildman–Crippen LogP) is 12.1. The van der Waals surface area contributed by atoms with E-state index in [1.807, 2.05) is 80.6 Å². The number of unbranched alkanes of at least 4 members (excludes halogenated alkanes) is 2. The lowest BCUT2D eigenvalue weighted by atomic mass is 10.1. The first-order chi connectivity index (χ1) is 20.4. The largest absolute Gasteiger partial charge is 0.414 e. The molecule has 1 aliphatic heterocycles. The Kier molecular flexibility index (Phi) is 69.7. The monoisotopic (exact) mass is 639 g/mol. The van der Waals surface area contributed by atoms with Crippen LogP contribution in [0, 0.1) is 11.3 Å². The van der Waals surface area contributed by atoms with Gasteiger partial charge in [0.25, 0.3) is 0 Å². The molecule has 0 atom stereocenters. The van der Waals surface area contributed by atoms with Crippen molar-refractivity contribution in [2.75, 3.05) is 34.2 Å². The third-order valence-corrected chi connectivity index (χ3v) is 4.50. The first kappa shape index (κ1) is 60.9. The second-order valence-corrected chi connectivity index (χ2v) is 9.45. The Morgan fingerprint density at radius 3 is 1.32 bits per heavy atom. The quantitative estimate of drug-likeness (QED) is 0.124. The Labute approximate surface area is 275 Å². The molecule has 8 heteroatoms. The average molecular weight is 639 g/mol. The zero-order valence-electron chi connectivity index (χ0n) is 32.2. The summed E-state index contributed by atoms with van der Waals surface area (Å²) in [6.07, 6.45) is 5.48. The standard InChI is InChI=1S/C9H14N2.C7H15NO.C5H12.C3H5F3.C3H7N.C3H6.3C2H6/c1-8(7-10)5-6-9(2)11(3)4;1-6-9-8(5)7(2,3)4;1-3-5-4-2;1-2-3(4,5)6;1-2-4-3-1;1-3-2;3*1-2/h1-2,5-6H2,3-4H3;6H,1H2,2-5H3;3-5H2,1-2H3;2H2,1H3;4H,1-3H2;3H,1H2,2H3;3*1-2H3. The molecule has 0 aliphatic carbocycles. The van der Waals surface area contributed by atoms with Gasteiger partial charge in [-0.25, -0.2) is 0 Å². The molecule has 1 heterocycles. The number of rotatable bonds is 8. The van der Waals surface area contributed by atoms with E-state index in [-0.39, 0.29) is 5.54 Å². The van der Waals surface area contributed by atoms with Crippen LogP contribution >= 0.6 is 0 Å². The minimum atomic E-state index is -3.96. The molecule has 0 bridgehead atoms. The second kappa shape index (κ2) is 50.4. The molecule has 0 aromatic rings. The molecule has 44 heavy (non-hydrogen) atoms. The van der Waals surface area contributed by atoms with Crippen LogP contribution in [0.4, 0.5) is 13.2 Å². The van der Waals surface area contributed by atoms with Crippen molar-refractivity contribution < 1.29 is 18.0 Å². The Hall–Kier alpha value is -2.24. The first-order valence-corrected chi connectivity index (χ1v) is 16.2. The molecule has 1 aliphatic rings. The molecule has 0 spiro atoms. The molecule has 0 saturated carbocycles. The molecule has 0 amide bonds. The van der Waals surface area contributed by atoms with Crippen molar-refractivity contribution in [1.29, 1.82) is 5.26 Å². The maximum atomic E-state index is 10.8. The van der Waals surface area contributed by atoms with E-state index in [1.165, 1.54) is 45.0 Å². The number of hydroxylamine groups is 2. The summed E-state index contributed by atoms with van der Waals surface area (Å²) in [6.45, 7) is 42.3. The maximum absolute atomic E-state index is 10.8. The van der Waals surface area contributed by atoms with Gasteiger partial charge in [0.2, 0.25) is 0 Å². The second-order valence-electron chi connectivity index (χ2n) is 9.45. The minimum absolute atomic E-state index is 0.0498. The number of hydrogen-bond donors (Lipinski definition) is 1. The van der Waals surface area contributed by atoms with Gasteiger partial charge in [-0.15, -0.1) is 11.6 Å². The number of halogens is 3. The first-order valence-electron chi connectivity index (χ1n) is 16.2. The molecule has 0 unspecified atom stereocenters. The molecule has 0 aromatic carbocycles. The summed E-state index contributed by atoms with van der Waals surface area (Å²) in [5.41, 5.74) is 1.70. The fourth-order valence-corrected chi connectivity index (χ4v) is 1.37. The third kappa shape index (κ3) is 83.4. The average Bonchev–Trinajstić information content (AvgIpc) is 2.95. The van der Waals surface area contributed by atoms with Gasteiger partial charge in [-0.1, -0.05) is 107 Å². The van der Waals surface area contributed by atoms with Crippen LogP contribution in [0.15, 0.2) is 49.9 Å². The van der Waals surface area contributed by atoms with E-state index in [9.17, 15) is 13.2 Å². The molecule has 1 N–H and O–H groups in total. The lowest BCUT2D eigenvalue weighted by molar-refractivity contribution is -0.141. The van der Waals surface area contributed by atoms with Gasteiger partial charge in [0.1, 0.15) is 6.26 Å². The SMILES string of the molecule is C1CNC1.C=C(C#N)CCC(=C)N(C)C.C=CC.C=CON(C)C(C)(C)C.CC.CC.CC.CCC(F)(F)F.CCCCC. The summed E-state index contributed by atoms with van der Waals surface area (Å²) < 4.78 is 32.4. The smallest absolute Gasteiger partial charge is 0.388 e. The number of nitrogens with zero attached hydrogens (tertiary/aromatic N) is 3. The maximum Gasteiger partial charge on any atom is 0.388 e. The summed E-state index contributed by atoms with van der Waals surface area (Å²) in [7, 11) is 5.76. The summed E-state index contributed by atoms with van der Waals surface area (Å²) in [5, 5.41) is 13.3. The highest BCUT2D eigenvalue weighted by atomic mass is 19.4.